The number of aryl methyl sites for hydroxylation is 1. The molecule has 1 aromatic rings. The lowest BCUT2D eigenvalue weighted by Gasteiger charge is -2.23. The second-order valence-corrected chi connectivity index (χ2v) is 7.06. The summed E-state index contributed by atoms with van der Waals surface area (Å²) < 4.78 is 37.3. The van der Waals surface area contributed by atoms with Crippen LogP contribution in [-0.2, 0) is 11.2 Å². The van der Waals surface area contributed by atoms with Crippen LogP contribution in [0.3, 0.4) is 0 Å². The maximum atomic E-state index is 12.4. The quantitative estimate of drug-likeness (QED) is 0.816. The zero-order valence-electron chi connectivity index (χ0n) is 14.7. The number of amides is 1. The van der Waals surface area contributed by atoms with Gasteiger partial charge in [-0.05, 0) is 36.0 Å². The first-order valence-corrected chi connectivity index (χ1v) is 8.72. The minimum absolute atomic E-state index is 0.00386. The van der Waals surface area contributed by atoms with Crippen molar-refractivity contribution in [1.82, 2.24) is 15.2 Å². The van der Waals surface area contributed by atoms with Crippen LogP contribution in [0.4, 0.5) is 13.2 Å². The lowest BCUT2D eigenvalue weighted by atomic mass is 9.91. The Balaban J connectivity index is 1.84. The Morgan fingerprint density at radius 2 is 2.00 bits per heavy atom. The lowest BCUT2D eigenvalue weighted by molar-refractivity contribution is -0.137. The molecule has 0 radical (unpaired) electrons. The number of hydrogen-bond donors (Lipinski definition) is 1. The number of halogens is 3. The average molecular weight is 357 g/mol. The van der Waals surface area contributed by atoms with Crippen LogP contribution in [0.1, 0.15) is 32.3 Å². The van der Waals surface area contributed by atoms with Crippen LogP contribution < -0.4 is 5.32 Å². The zero-order valence-corrected chi connectivity index (χ0v) is 14.7. The number of pyridine rings is 1. The Morgan fingerprint density at radius 1 is 1.32 bits per heavy atom. The first-order chi connectivity index (χ1) is 11.7. The molecule has 1 aliphatic heterocycles. The highest BCUT2D eigenvalue weighted by Gasteiger charge is 2.37. The molecule has 25 heavy (non-hydrogen) atoms. The molecule has 0 bridgehead atoms. The van der Waals surface area contributed by atoms with Crippen molar-refractivity contribution in [2.75, 3.05) is 19.6 Å². The van der Waals surface area contributed by atoms with Gasteiger partial charge in [0.2, 0.25) is 5.91 Å². The Kier molecular flexibility index (Phi) is 6.81. The standard InChI is InChI=1S/C18H26F3N3O/c1-13(2)15-11-24(10-7-18(19,20)21)12-16(15)23-17(25)4-3-14-5-8-22-9-6-14/h5-6,8-9,13,15-16H,3-4,7,10-12H2,1-2H3,(H,23,25)/t15-,16+/m0/s1. The number of nitrogens with one attached hydrogen (secondary N) is 1. The molecule has 0 aromatic carbocycles. The van der Waals surface area contributed by atoms with Gasteiger partial charge in [0.1, 0.15) is 0 Å². The Morgan fingerprint density at radius 3 is 2.60 bits per heavy atom. The molecule has 1 fully saturated rings. The Bertz CT molecular complexity index is 548. The van der Waals surface area contributed by atoms with Gasteiger partial charge in [0.15, 0.2) is 0 Å². The zero-order chi connectivity index (χ0) is 18.4. The molecule has 0 saturated carbocycles. The van der Waals surface area contributed by atoms with Crippen molar-refractivity contribution in [3.8, 4) is 0 Å². The van der Waals surface area contributed by atoms with E-state index in [0.717, 1.165) is 5.56 Å². The number of rotatable bonds is 7. The largest absolute Gasteiger partial charge is 0.390 e. The Labute approximate surface area is 146 Å². The molecule has 140 valence electrons. The fourth-order valence-electron chi connectivity index (χ4n) is 3.30. The molecule has 4 nitrogen and oxygen atoms in total. The maximum Gasteiger partial charge on any atom is 0.390 e. The fourth-order valence-corrected chi connectivity index (χ4v) is 3.30. The van der Waals surface area contributed by atoms with Crippen LogP contribution in [0.2, 0.25) is 0 Å². The summed E-state index contributed by atoms with van der Waals surface area (Å²) in [5, 5.41) is 3.03. The highest BCUT2D eigenvalue weighted by atomic mass is 19.4. The van der Waals surface area contributed by atoms with E-state index < -0.39 is 12.6 Å². The monoisotopic (exact) mass is 357 g/mol. The van der Waals surface area contributed by atoms with E-state index in [0.29, 0.717) is 31.8 Å². The first kappa shape index (κ1) is 19.7. The molecule has 1 amide bonds. The minimum atomic E-state index is -4.14. The summed E-state index contributed by atoms with van der Waals surface area (Å²) in [4.78, 5) is 18.0. The highest BCUT2D eigenvalue weighted by Crippen LogP contribution is 2.27. The fraction of sp³-hybridized carbons (Fsp3) is 0.667. The topological polar surface area (TPSA) is 45.2 Å². The summed E-state index contributed by atoms with van der Waals surface area (Å²) in [7, 11) is 0. The normalized spacial score (nSPS) is 21.7. The molecule has 7 heteroatoms. The van der Waals surface area contributed by atoms with Gasteiger partial charge in [-0.1, -0.05) is 13.8 Å². The highest BCUT2D eigenvalue weighted by molar-refractivity contribution is 5.76. The minimum Gasteiger partial charge on any atom is -0.352 e. The van der Waals surface area contributed by atoms with Crippen molar-refractivity contribution >= 4 is 5.91 Å². The average Bonchev–Trinajstić information content (AvgIpc) is 2.94. The van der Waals surface area contributed by atoms with Crippen molar-refractivity contribution in [2.24, 2.45) is 11.8 Å². The molecule has 2 atom stereocenters. The van der Waals surface area contributed by atoms with Gasteiger partial charge in [-0.2, -0.15) is 13.2 Å². The number of hydrogen-bond acceptors (Lipinski definition) is 3. The summed E-state index contributed by atoms with van der Waals surface area (Å²) in [5.41, 5.74) is 1.05. The second kappa shape index (κ2) is 8.65. The molecule has 2 rings (SSSR count). The van der Waals surface area contributed by atoms with Gasteiger partial charge in [0.05, 0.1) is 6.42 Å². The van der Waals surface area contributed by atoms with E-state index in [1.54, 1.807) is 12.4 Å². The van der Waals surface area contributed by atoms with E-state index >= 15 is 0 Å². The molecule has 1 saturated heterocycles. The Hall–Kier alpha value is -1.63. The summed E-state index contributed by atoms with van der Waals surface area (Å²) in [6.45, 7) is 5.18. The van der Waals surface area contributed by atoms with E-state index in [4.69, 9.17) is 0 Å². The molecule has 0 spiro atoms. The molecule has 1 aromatic heterocycles. The molecule has 2 heterocycles. The third-order valence-electron chi connectivity index (χ3n) is 4.75. The maximum absolute atomic E-state index is 12.4. The number of aromatic nitrogens is 1. The van der Waals surface area contributed by atoms with Gasteiger partial charge in [-0.15, -0.1) is 0 Å². The van der Waals surface area contributed by atoms with E-state index in [9.17, 15) is 18.0 Å². The predicted octanol–water partition coefficient (Wildman–Crippen LogP) is 3.04. The SMILES string of the molecule is CC(C)[C@@H]1CN(CCC(F)(F)F)C[C@H]1NC(=O)CCc1ccncc1. The van der Waals surface area contributed by atoms with Crippen molar-refractivity contribution in [1.29, 1.82) is 0 Å². The number of nitrogens with zero attached hydrogens (tertiary/aromatic N) is 2. The van der Waals surface area contributed by atoms with E-state index in [1.807, 2.05) is 30.9 Å². The molecule has 0 aliphatic carbocycles. The van der Waals surface area contributed by atoms with Gasteiger partial charge in [0, 0.05) is 44.5 Å². The molecule has 0 unspecified atom stereocenters. The molecular weight excluding hydrogens is 331 g/mol. The summed E-state index contributed by atoms with van der Waals surface area (Å²) in [6, 6.07) is 3.66. The number of carbonyl (C=O) groups excluding carboxylic acids is 1. The number of carbonyl (C=O) groups is 1. The third-order valence-corrected chi connectivity index (χ3v) is 4.75. The lowest BCUT2D eigenvalue weighted by Crippen LogP contribution is -2.42. The van der Waals surface area contributed by atoms with Gasteiger partial charge in [-0.3, -0.25) is 9.78 Å². The van der Waals surface area contributed by atoms with Crippen molar-refractivity contribution in [3.05, 3.63) is 30.1 Å². The second-order valence-electron chi connectivity index (χ2n) is 7.06. The van der Waals surface area contributed by atoms with Crippen molar-refractivity contribution in [2.45, 2.75) is 45.3 Å². The number of likely N-dealkylation sites (tertiary alicyclic amines) is 1. The van der Waals surface area contributed by atoms with Crippen LogP contribution in [-0.4, -0.2) is 47.6 Å². The van der Waals surface area contributed by atoms with Gasteiger partial charge in [0.25, 0.3) is 0 Å². The third kappa shape index (κ3) is 6.65. The summed E-state index contributed by atoms with van der Waals surface area (Å²) in [5.74, 6) is 0.435. The molecule has 1 aliphatic rings. The van der Waals surface area contributed by atoms with Crippen LogP contribution in [0.15, 0.2) is 24.5 Å². The van der Waals surface area contributed by atoms with E-state index in [1.165, 1.54) is 0 Å². The van der Waals surface area contributed by atoms with Crippen molar-refractivity contribution in [3.63, 3.8) is 0 Å². The van der Waals surface area contributed by atoms with Gasteiger partial charge >= 0.3 is 6.18 Å². The van der Waals surface area contributed by atoms with Crippen LogP contribution in [0.25, 0.3) is 0 Å². The molecular formula is C18H26F3N3O. The van der Waals surface area contributed by atoms with Gasteiger partial charge in [-0.25, -0.2) is 0 Å². The predicted molar refractivity (Wildman–Crippen MR) is 89.9 cm³/mol. The van der Waals surface area contributed by atoms with Gasteiger partial charge < -0.3 is 10.2 Å². The number of alkyl halides is 3. The smallest absolute Gasteiger partial charge is 0.352 e. The first-order valence-electron chi connectivity index (χ1n) is 8.72. The van der Waals surface area contributed by atoms with Crippen LogP contribution in [0.5, 0.6) is 0 Å². The van der Waals surface area contributed by atoms with Crippen LogP contribution >= 0.6 is 0 Å². The summed E-state index contributed by atoms with van der Waals surface area (Å²) in [6.07, 6.45) is -0.562. The molecule has 1 N–H and O–H groups in total. The summed E-state index contributed by atoms with van der Waals surface area (Å²) >= 11 is 0. The van der Waals surface area contributed by atoms with E-state index in [-0.39, 0.29) is 24.4 Å². The van der Waals surface area contributed by atoms with E-state index in [2.05, 4.69) is 10.3 Å². The van der Waals surface area contributed by atoms with Crippen LogP contribution in [0, 0.1) is 11.8 Å². The van der Waals surface area contributed by atoms with Crippen molar-refractivity contribution < 1.29 is 18.0 Å².